The molecule has 2 aromatic rings. The number of guanidine groups is 1. The lowest BCUT2D eigenvalue weighted by Crippen LogP contribution is -2.38. The number of nitrogens with zero attached hydrogens (tertiary/aromatic N) is 2. The number of hydrogen-bond donors (Lipinski definition) is 2. The largest absolute Gasteiger partial charge is 0.497 e. The van der Waals surface area contributed by atoms with Crippen molar-refractivity contribution >= 4 is 41.3 Å². The van der Waals surface area contributed by atoms with E-state index in [-0.39, 0.29) is 30.5 Å². The third kappa shape index (κ3) is 8.37. The second-order valence-corrected chi connectivity index (χ2v) is 7.15. The van der Waals surface area contributed by atoms with E-state index in [0.717, 1.165) is 28.9 Å². The number of halogens is 4. The van der Waals surface area contributed by atoms with Crippen LogP contribution < -0.4 is 15.4 Å². The van der Waals surface area contributed by atoms with Crippen molar-refractivity contribution in [3.63, 3.8) is 0 Å². The zero-order valence-electron chi connectivity index (χ0n) is 16.5. The number of aromatic nitrogens is 1. The van der Waals surface area contributed by atoms with Crippen molar-refractivity contribution in [2.75, 3.05) is 20.2 Å². The van der Waals surface area contributed by atoms with E-state index in [1.165, 1.54) is 5.56 Å². The quantitative estimate of drug-likeness (QED) is 0.279. The molecule has 1 atom stereocenters. The number of alkyl halides is 3. The maximum atomic E-state index is 12.6. The number of nitrogens with one attached hydrogen (secondary N) is 2. The SMILES string of the molecule is CCNC(=NCc1nc(C(F)(F)F)cs1)NCCC(C)c1ccc(OC)cc1.I. The predicted molar refractivity (Wildman–Crippen MR) is 121 cm³/mol. The number of methoxy groups -OCH3 is 1. The van der Waals surface area contributed by atoms with Crippen molar-refractivity contribution in [3.8, 4) is 5.75 Å². The minimum atomic E-state index is -4.42. The summed E-state index contributed by atoms with van der Waals surface area (Å²) in [6.07, 6.45) is -3.54. The van der Waals surface area contributed by atoms with Gasteiger partial charge in [-0.15, -0.1) is 35.3 Å². The molecule has 0 saturated heterocycles. The number of thiazole rings is 1. The average molecular weight is 542 g/mol. The summed E-state index contributed by atoms with van der Waals surface area (Å²) >= 11 is 0.961. The number of benzene rings is 1. The lowest BCUT2D eigenvalue weighted by atomic mass is 9.98. The number of ether oxygens (including phenoxy) is 1. The van der Waals surface area contributed by atoms with Crippen LogP contribution in [0.25, 0.3) is 0 Å². The van der Waals surface area contributed by atoms with Crippen LogP contribution in [0.15, 0.2) is 34.6 Å². The van der Waals surface area contributed by atoms with Gasteiger partial charge in [-0.05, 0) is 37.0 Å². The Hall–Kier alpha value is -1.56. The third-order valence-electron chi connectivity index (χ3n) is 4.11. The summed E-state index contributed by atoms with van der Waals surface area (Å²) in [5.74, 6) is 1.73. The minimum Gasteiger partial charge on any atom is -0.497 e. The Bertz CT molecular complexity index is 766. The van der Waals surface area contributed by atoms with E-state index in [9.17, 15) is 13.2 Å². The molecular weight excluding hydrogens is 516 g/mol. The van der Waals surface area contributed by atoms with E-state index in [0.29, 0.717) is 30.0 Å². The first-order valence-corrected chi connectivity index (χ1v) is 9.89. The molecule has 2 rings (SSSR count). The van der Waals surface area contributed by atoms with Gasteiger partial charge in [-0.2, -0.15) is 13.2 Å². The first-order valence-electron chi connectivity index (χ1n) is 9.01. The summed E-state index contributed by atoms with van der Waals surface area (Å²) in [5.41, 5.74) is 0.348. The molecular formula is C19H26F3IN4OS. The van der Waals surface area contributed by atoms with Crippen molar-refractivity contribution in [1.82, 2.24) is 15.6 Å². The summed E-state index contributed by atoms with van der Waals surface area (Å²) in [6, 6.07) is 7.97. The van der Waals surface area contributed by atoms with Gasteiger partial charge in [0.2, 0.25) is 0 Å². The zero-order valence-corrected chi connectivity index (χ0v) is 19.7. The van der Waals surface area contributed by atoms with Crippen LogP contribution in [0, 0.1) is 0 Å². The molecule has 0 radical (unpaired) electrons. The van der Waals surface area contributed by atoms with Crippen LogP contribution in [0.5, 0.6) is 5.75 Å². The fourth-order valence-electron chi connectivity index (χ4n) is 2.51. The summed E-state index contributed by atoms with van der Waals surface area (Å²) in [6.45, 7) is 5.52. The van der Waals surface area contributed by atoms with Gasteiger partial charge < -0.3 is 15.4 Å². The fraction of sp³-hybridized carbons (Fsp3) is 0.474. The lowest BCUT2D eigenvalue weighted by Gasteiger charge is -2.15. The molecule has 5 nitrogen and oxygen atoms in total. The highest BCUT2D eigenvalue weighted by Crippen LogP contribution is 2.30. The molecule has 1 aromatic carbocycles. The summed E-state index contributed by atoms with van der Waals surface area (Å²) in [7, 11) is 1.64. The number of aliphatic imine (C=N–C) groups is 1. The maximum absolute atomic E-state index is 12.6. The van der Waals surface area contributed by atoms with Gasteiger partial charge in [-0.25, -0.2) is 9.98 Å². The Morgan fingerprint density at radius 1 is 1.24 bits per heavy atom. The van der Waals surface area contributed by atoms with Crippen molar-refractivity contribution in [3.05, 3.63) is 45.9 Å². The molecule has 0 amide bonds. The number of rotatable bonds is 8. The normalized spacial score (nSPS) is 12.8. The van der Waals surface area contributed by atoms with Gasteiger partial charge in [0, 0.05) is 18.5 Å². The first kappa shape index (κ1) is 25.5. The second kappa shape index (κ2) is 12.2. The van der Waals surface area contributed by atoms with E-state index >= 15 is 0 Å². The summed E-state index contributed by atoms with van der Waals surface area (Å²) < 4.78 is 43.0. The molecule has 1 aromatic heterocycles. The lowest BCUT2D eigenvalue weighted by molar-refractivity contribution is -0.140. The molecule has 0 spiro atoms. The molecule has 10 heteroatoms. The first-order chi connectivity index (χ1) is 13.3. The molecule has 0 saturated carbocycles. The van der Waals surface area contributed by atoms with E-state index in [1.807, 2.05) is 31.2 Å². The van der Waals surface area contributed by atoms with Crippen LogP contribution in [0.1, 0.15) is 42.5 Å². The minimum absolute atomic E-state index is 0. The fourth-order valence-corrected chi connectivity index (χ4v) is 3.23. The van der Waals surface area contributed by atoms with Crippen LogP contribution in [0.2, 0.25) is 0 Å². The molecule has 1 unspecified atom stereocenters. The van der Waals surface area contributed by atoms with E-state index < -0.39 is 11.9 Å². The van der Waals surface area contributed by atoms with E-state index in [2.05, 4.69) is 27.5 Å². The molecule has 0 aliphatic heterocycles. The predicted octanol–water partition coefficient (Wildman–Crippen LogP) is 5.04. The van der Waals surface area contributed by atoms with Crippen LogP contribution in [0.4, 0.5) is 13.2 Å². The van der Waals surface area contributed by atoms with Gasteiger partial charge >= 0.3 is 6.18 Å². The third-order valence-corrected chi connectivity index (χ3v) is 4.95. The van der Waals surface area contributed by atoms with Gasteiger partial charge in [-0.1, -0.05) is 19.1 Å². The summed E-state index contributed by atoms with van der Waals surface area (Å²) in [5, 5.41) is 7.66. The van der Waals surface area contributed by atoms with Gasteiger partial charge in [0.1, 0.15) is 10.8 Å². The highest BCUT2D eigenvalue weighted by Gasteiger charge is 2.33. The van der Waals surface area contributed by atoms with Crippen LogP contribution in [-0.4, -0.2) is 31.1 Å². The Kier molecular flexibility index (Phi) is 10.7. The van der Waals surface area contributed by atoms with Crippen molar-refractivity contribution in [2.24, 2.45) is 4.99 Å². The molecule has 0 aliphatic carbocycles. The molecule has 0 fully saturated rings. The molecule has 1 heterocycles. The highest BCUT2D eigenvalue weighted by molar-refractivity contribution is 14.0. The van der Waals surface area contributed by atoms with Gasteiger partial charge in [0.15, 0.2) is 11.7 Å². The van der Waals surface area contributed by atoms with Crippen LogP contribution >= 0.6 is 35.3 Å². The molecule has 2 N–H and O–H groups in total. The standard InChI is InChI=1S/C19H25F3N4OS.HI/c1-4-23-18(25-11-17-26-16(12-28-17)19(20,21)22)24-10-9-13(2)14-5-7-15(27-3)8-6-14;/h5-8,12-13H,4,9-11H2,1-3H3,(H2,23,24,25);1H. The highest BCUT2D eigenvalue weighted by atomic mass is 127. The number of hydrogen-bond acceptors (Lipinski definition) is 4. The van der Waals surface area contributed by atoms with E-state index in [4.69, 9.17) is 4.74 Å². The van der Waals surface area contributed by atoms with Crippen molar-refractivity contribution in [2.45, 2.75) is 38.9 Å². The molecule has 162 valence electrons. The smallest absolute Gasteiger partial charge is 0.434 e. The van der Waals surface area contributed by atoms with Crippen LogP contribution in [-0.2, 0) is 12.7 Å². The van der Waals surface area contributed by atoms with Crippen LogP contribution in [0.3, 0.4) is 0 Å². The van der Waals surface area contributed by atoms with Crippen molar-refractivity contribution in [1.29, 1.82) is 0 Å². The Labute approximate surface area is 190 Å². The average Bonchev–Trinajstić information content (AvgIpc) is 3.15. The Balaban J connectivity index is 0.00000420. The zero-order chi connectivity index (χ0) is 20.6. The van der Waals surface area contributed by atoms with Gasteiger partial charge in [0.05, 0.1) is 13.7 Å². The molecule has 29 heavy (non-hydrogen) atoms. The van der Waals surface area contributed by atoms with E-state index in [1.54, 1.807) is 7.11 Å². The maximum Gasteiger partial charge on any atom is 0.434 e. The monoisotopic (exact) mass is 542 g/mol. The van der Waals surface area contributed by atoms with Crippen molar-refractivity contribution < 1.29 is 17.9 Å². The van der Waals surface area contributed by atoms with Gasteiger partial charge in [0.25, 0.3) is 0 Å². The molecule has 0 aliphatic rings. The van der Waals surface area contributed by atoms with Gasteiger partial charge in [-0.3, -0.25) is 0 Å². The second-order valence-electron chi connectivity index (χ2n) is 6.21. The Morgan fingerprint density at radius 2 is 1.93 bits per heavy atom. The Morgan fingerprint density at radius 3 is 2.48 bits per heavy atom. The molecule has 0 bridgehead atoms. The summed E-state index contributed by atoms with van der Waals surface area (Å²) in [4.78, 5) is 7.93. The topological polar surface area (TPSA) is 58.5 Å².